The Kier molecular flexibility index (Phi) is 3.15. The van der Waals surface area contributed by atoms with Gasteiger partial charge in [-0.05, 0) is 27.7 Å². The van der Waals surface area contributed by atoms with Crippen LogP contribution in [-0.4, -0.2) is 59.8 Å². The number of carbonyl (C=O) groups excluding carboxylic acids is 1. The van der Waals surface area contributed by atoms with Crippen LogP contribution in [0.2, 0.25) is 0 Å². The van der Waals surface area contributed by atoms with E-state index in [9.17, 15) is 18.0 Å². The molecule has 7 heteroatoms. The van der Waals surface area contributed by atoms with Crippen LogP contribution in [0.3, 0.4) is 0 Å². The zero-order chi connectivity index (χ0) is 18.4. The summed E-state index contributed by atoms with van der Waals surface area (Å²) in [6.45, 7) is -0.260. The van der Waals surface area contributed by atoms with Gasteiger partial charge in [0.1, 0.15) is 0 Å². The van der Waals surface area contributed by atoms with Crippen LogP contribution in [0.4, 0.5) is 18.0 Å². The third kappa shape index (κ3) is 4.56. The molecule has 3 unspecified atom stereocenters. The molecule has 4 nitrogen and oxygen atoms in total. The van der Waals surface area contributed by atoms with Crippen LogP contribution in [0.5, 0.6) is 0 Å². The average Bonchev–Trinajstić information content (AvgIpc) is 2.30. The minimum atomic E-state index is -4.75. The van der Waals surface area contributed by atoms with E-state index in [0.29, 0.717) is 11.8 Å². The van der Waals surface area contributed by atoms with Gasteiger partial charge < -0.3 is 9.64 Å². The molecule has 0 radical (unpaired) electrons. The molecule has 112 valence electrons. The normalized spacial score (nSPS) is 33.7. The Labute approximate surface area is 117 Å². The van der Waals surface area contributed by atoms with Gasteiger partial charge in [0, 0.05) is 35.7 Å². The van der Waals surface area contributed by atoms with E-state index in [1.54, 1.807) is 20.8 Å². The molecule has 0 aromatic rings. The zero-order valence-electron chi connectivity index (χ0n) is 15.3. The highest BCUT2D eigenvalue weighted by atomic mass is 19.4. The van der Waals surface area contributed by atoms with Gasteiger partial charge in [0.15, 0.2) is 6.10 Å². The van der Waals surface area contributed by atoms with E-state index in [1.165, 1.54) is 0 Å². The molecule has 1 heterocycles. The summed E-state index contributed by atoms with van der Waals surface area (Å²) in [7, 11) is 0. The number of carbonyl (C=O) groups is 1. The second-order valence-corrected chi connectivity index (χ2v) is 5.19. The number of halogens is 3. The van der Waals surface area contributed by atoms with E-state index >= 15 is 0 Å². The van der Waals surface area contributed by atoms with Crippen molar-refractivity contribution in [3.63, 3.8) is 0 Å². The Bertz CT molecular complexity index is 457. The lowest BCUT2D eigenvalue weighted by molar-refractivity contribution is -0.200. The highest BCUT2D eigenvalue weighted by molar-refractivity contribution is 5.68. The van der Waals surface area contributed by atoms with Gasteiger partial charge in [-0.15, -0.1) is 0 Å². The second kappa shape index (κ2) is 5.56. The van der Waals surface area contributed by atoms with Crippen molar-refractivity contribution < 1.29 is 28.2 Å². The summed E-state index contributed by atoms with van der Waals surface area (Å²) in [5.74, 6) is 0. The fourth-order valence-corrected chi connectivity index (χ4v) is 1.28. The molecule has 1 rings (SSSR count). The van der Waals surface area contributed by atoms with Gasteiger partial charge in [0.25, 0.3) is 0 Å². The van der Waals surface area contributed by atoms with Crippen LogP contribution in [0.25, 0.3) is 0 Å². The van der Waals surface area contributed by atoms with Crippen molar-refractivity contribution in [3.05, 3.63) is 0 Å². The highest BCUT2D eigenvalue weighted by Gasteiger charge is 2.40. The maximum atomic E-state index is 12.5. The fourth-order valence-electron chi connectivity index (χ4n) is 1.28. The lowest BCUT2D eigenvalue weighted by Gasteiger charge is -2.42. The van der Waals surface area contributed by atoms with Crippen molar-refractivity contribution in [3.8, 4) is 0 Å². The maximum absolute atomic E-state index is 12.5. The summed E-state index contributed by atoms with van der Waals surface area (Å²) in [6.07, 6.45) is -8.58. The summed E-state index contributed by atoms with van der Waals surface area (Å²) in [5.41, 5.74) is -0.801. The Hall–Kier alpha value is -0.980. The van der Waals surface area contributed by atoms with Gasteiger partial charge in [0.05, 0.1) is 1.37 Å². The largest absolute Gasteiger partial charge is 0.437 e. The van der Waals surface area contributed by atoms with Crippen LogP contribution in [0.15, 0.2) is 0 Å². The minimum absolute atomic E-state index is 0.516. The van der Waals surface area contributed by atoms with E-state index in [4.69, 9.17) is 5.48 Å². The lowest BCUT2D eigenvalue weighted by Crippen LogP contribution is -2.55. The van der Waals surface area contributed by atoms with Gasteiger partial charge in [-0.1, -0.05) is 0 Å². The molecule has 0 aliphatic carbocycles. The molecule has 1 aliphatic heterocycles. The van der Waals surface area contributed by atoms with Crippen LogP contribution < -0.4 is 0 Å². The first-order valence-corrected chi connectivity index (χ1v) is 5.77. The summed E-state index contributed by atoms with van der Waals surface area (Å²) >= 11 is 0. The van der Waals surface area contributed by atoms with E-state index < -0.39 is 50.0 Å². The van der Waals surface area contributed by atoms with Crippen LogP contribution >= 0.6 is 0 Å². The molecule has 0 N–H and O–H groups in total. The SMILES string of the molecule is [2H]C1C([2H])N(C(C)(C)C)C([2H])([2H])CN1C(=O)OC(C)C(F)(F)F. The first-order chi connectivity index (χ1) is 10.1. The monoisotopic (exact) mass is 286 g/mol. The van der Waals surface area contributed by atoms with Crippen LogP contribution in [0.1, 0.15) is 33.2 Å². The van der Waals surface area contributed by atoms with Crippen molar-refractivity contribution in [2.45, 2.75) is 45.5 Å². The molecule has 1 amide bonds. The van der Waals surface area contributed by atoms with Gasteiger partial charge in [0.2, 0.25) is 0 Å². The van der Waals surface area contributed by atoms with Gasteiger partial charge >= 0.3 is 12.3 Å². The average molecular weight is 286 g/mol. The Morgan fingerprint density at radius 3 is 2.37 bits per heavy atom. The third-order valence-corrected chi connectivity index (χ3v) is 2.50. The van der Waals surface area contributed by atoms with Crippen LogP contribution in [0, 0.1) is 0 Å². The van der Waals surface area contributed by atoms with Crippen molar-refractivity contribution >= 4 is 6.09 Å². The molecular formula is C12H21F3N2O2. The molecule has 1 saturated heterocycles. The maximum Gasteiger partial charge on any atom is 0.425 e. The summed E-state index contributed by atoms with van der Waals surface area (Å²) in [6, 6.07) is 0. The quantitative estimate of drug-likeness (QED) is 0.742. The molecule has 0 aromatic carbocycles. The smallest absolute Gasteiger partial charge is 0.425 e. The van der Waals surface area contributed by atoms with E-state index in [-0.39, 0.29) is 0 Å². The van der Waals surface area contributed by atoms with E-state index in [2.05, 4.69) is 4.74 Å². The Morgan fingerprint density at radius 1 is 1.32 bits per heavy atom. The number of alkyl halides is 3. The molecule has 1 fully saturated rings. The predicted octanol–water partition coefficient (Wildman–Crippen LogP) is 2.49. The summed E-state index contributed by atoms with van der Waals surface area (Å²) in [4.78, 5) is 13.5. The first kappa shape index (κ1) is 10.8. The van der Waals surface area contributed by atoms with Crippen molar-refractivity contribution in [2.75, 3.05) is 26.1 Å². The Morgan fingerprint density at radius 2 is 1.89 bits per heavy atom. The number of amides is 1. The number of hydrogen-bond donors (Lipinski definition) is 0. The van der Waals surface area contributed by atoms with Crippen molar-refractivity contribution in [2.24, 2.45) is 0 Å². The predicted molar refractivity (Wildman–Crippen MR) is 64.9 cm³/mol. The number of hydrogen-bond acceptors (Lipinski definition) is 3. The molecule has 19 heavy (non-hydrogen) atoms. The van der Waals surface area contributed by atoms with Crippen LogP contribution in [-0.2, 0) is 4.74 Å². The van der Waals surface area contributed by atoms with Gasteiger partial charge in [-0.25, -0.2) is 4.79 Å². The molecular weight excluding hydrogens is 261 g/mol. The zero-order valence-corrected chi connectivity index (χ0v) is 11.3. The minimum Gasteiger partial charge on any atom is -0.437 e. The molecule has 0 aromatic heterocycles. The Balaban J connectivity index is 2.98. The number of nitrogens with zero attached hydrogens (tertiary/aromatic N) is 2. The molecule has 0 bridgehead atoms. The summed E-state index contributed by atoms with van der Waals surface area (Å²) < 4.78 is 73.6. The highest BCUT2D eigenvalue weighted by Crippen LogP contribution is 2.23. The van der Waals surface area contributed by atoms with Crippen molar-refractivity contribution in [1.82, 2.24) is 9.80 Å². The van der Waals surface area contributed by atoms with Crippen molar-refractivity contribution in [1.29, 1.82) is 0 Å². The molecule has 1 aliphatic rings. The van der Waals surface area contributed by atoms with E-state index in [1.807, 2.05) is 0 Å². The lowest BCUT2D eigenvalue weighted by atomic mass is 10.1. The molecule has 3 atom stereocenters. The summed E-state index contributed by atoms with van der Waals surface area (Å²) in [5, 5.41) is 0. The second-order valence-electron chi connectivity index (χ2n) is 5.19. The number of ether oxygens (including phenoxy) is 1. The topological polar surface area (TPSA) is 32.8 Å². The molecule has 0 spiro atoms. The van der Waals surface area contributed by atoms with Gasteiger partial charge in [-0.3, -0.25) is 4.90 Å². The number of rotatable bonds is 1. The fraction of sp³-hybridized carbons (Fsp3) is 0.917. The standard InChI is InChI=1S/C12H21F3N2O2/c1-9(12(13,14)15)19-10(18)16-5-7-17(8-6-16)11(2,3)4/h9H,5-8H2,1-4H3/i5D,7D,8D2. The first-order valence-electron chi connectivity index (χ1n) is 7.92. The third-order valence-electron chi connectivity index (χ3n) is 2.50. The number of piperazine rings is 1. The van der Waals surface area contributed by atoms with E-state index in [0.717, 1.165) is 4.90 Å². The molecule has 0 saturated carbocycles. The van der Waals surface area contributed by atoms with Gasteiger partial charge in [-0.2, -0.15) is 13.2 Å².